The van der Waals surface area contributed by atoms with Crippen LogP contribution < -0.4 is 21.4 Å². The van der Waals surface area contributed by atoms with E-state index < -0.39 is 5.91 Å². The van der Waals surface area contributed by atoms with E-state index in [9.17, 15) is 14.4 Å². The molecule has 47 heavy (non-hydrogen) atoms. The minimum atomic E-state index is -0.458. The monoisotopic (exact) mass is 650 g/mol. The summed E-state index contributed by atoms with van der Waals surface area (Å²) in [6.07, 6.45) is 4.07. The number of hydrogen-bond donors (Lipinski definition) is 4. The van der Waals surface area contributed by atoms with E-state index in [1.165, 1.54) is 12.3 Å². The predicted molar refractivity (Wildman–Crippen MR) is 184 cm³/mol. The third kappa shape index (κ3) is 6.67. The summed E-state index contributed by atoms with van der Waals surface area (Å²) in [6, 6.07) is 16.0. The van der Waals surface area contributed by atoms with E-state index in [-0.39, 0.29) is 23.6 Å². The van der Waals surface area contributed by atoms with Crippen LogP contribution in [0.25, 0.3) is 11.1 Å². The van der Waals surface area contributed by atoms with E-state index >= 15 is 0 Å². The van der Waals surface area contributed by atoms with Gasteiger partial charge in [0.1, 0.15) is 5.69 Å². The second-order valence-corrected chi connectivity index (χ2v) is 12.1. The molecule has 5 aromatic rings. The van der Waals surface area contributed by atoms with Gasteiger partial charge in [0, 0.05) is 73.6 Å². The molecule has 0 saturated carbocycles. The van der Waals surface area contributed by atoms with Gasteiger partial charge >= 0.3 is 0 Å². The van der Waals surface area contributed by atoms with E-state index in [0.717, 1.165) is 46.9 Å². The van der Waals surface area contributed by atoms with Gasteiger partial charge in [0.2, 0.25) is 0 Å². The molecule has 1 aliphatic rings. The number of fused-ring (bicyclic) bond motifs is 1. The van der Waals surface area contributed by atoms with Crippen molar-refractivity contribution < 1.29 is 9.59 Å². The lowest BCUT2D eigenvalue weighted by atomic mass is 9.98. The largest absolute Gasteiger partial charge is 0.380 e. The summed E-state index contributed by atoms with van der Waals surface area (Å²) in [5, 5.41) is 9.37. The summed E-state index contributed by atoms with van der Waals surface area (Å²) in [5.41, 5.74) is 7.25. The van der Waals surface area contributed by atoms with Crippen molar-refractivity contribution in [3.63, 3.8) is 0 Å². The Labute approximate surface area is 277 Å². The minimum absolute atomic E-state index is 0.130. The van der Waals surface area contributed by atoms with Gasteiger partial charge < -0.3 is 30.4 Å². The highest BCUT2D eigenvalue weighted by Gasteiger charge is 2.25. The van der Waals surface area contributed by atoms with Crippen LogP contribution in [0.1, 0.15) is 49.3 Å². The molecular weight excluding hydrogens is 616 g/mol. The number of anilines is 3. The molecule has 12 heteroatoms. The van der Waals surface area contributed by atoms with Crippen molar-refractivity contribution in [1.82, 2.24) is 24.4 Å². The van der Waals surface area contributed by atoms with Gasteiger partial charge in [-0.3, -0.25) is 19.4 Å². The summed E-state index contributed by atoms with van der Waals surface area (Å²) in [5.74, 6) is -0.469. The van der Waals surface area contributed by atoms with E-state index in [2.05, 4.69) is 35.8 Å². The van der Waals surface area contributed by atoms with Crippen LogP contribution >= 0.6 is 11.6 Å². The number of aromatic nitrogens is 4. The van der Waals surface area contributed by atoms with Crippen LogP contribution in [0.15, 0.2) is 71.8 Å². The molecule has 2 amide bonds. The predicted octanol–water partition coefficient (Wildman–Crippen LogP) is 5.55. The highest BCUT2D eigenvalue weighted by atomic mass is 35.5. The van der Waals surface area contributed by atoms with Crippen molar-refractivity contribution >= 4 is 40.5 Å². The molecule has 240 valence electrons. The van der Waals surface area contributed by atoms with Crippen molar-refractivity contribution in [2.24, 2.45) is 7.05 Å². The first-order valence-corrected chi connectivity index (χ1v) is 15.6. The molecule has 3 aromatic heterocycles. The summed E-state index contributed by atoms with van der Waals surface area (Å²) < 4.78 is 1.85. The number of carbonyl (C=O) groups is 2. The number of aryl methyl sites for hydroxylation is 1. The van der Waals surface area contributed by atoms with Gasteiger partial charge in [0.25, 0.3) is 11.8 Å². The molecule has 0 fully saturated rings. The first-order chi connectivity index (χ1) is 22.6. The van der Waals surface area contributed by atoms with Crippen molar-refractivity contribution in [2.75, 3.05) is 29.5 Å². The number of aromatic amines is 1. The third-order valence-corrected chi connectivity index (χ3v) is 8.81. The Morgan fingerprint density at radius 3 is 2.47 bits per heavy atom. The van der Waals surface area contributed by atoms with Gasteiger partial charge in [-0.05, 0) is 56.3 Å². The zero-order valence-corrected chi connectivity index (χ0v) is 27.3. The molecule has 0 unspecified atom stereocenters. The number of amides is 2. The second kappa shape index (κ2) is 13.2. The van der Waals surface area contributed by atoms with Crippen LogP contribution in [-0.4, -0.2) is 49.8 Å². The van der Waals surface area contributed by atoms with Gasteiger partial charge in [0.15, 0.2) is 11.3 Å². The molecule has 11 nitrogen and oxygen atoms in total. The number of nitrogens with zero attached hydrogens (tertiary/aromatic N) is 4. The number of rotatable bonds is 8. The maximum atomic E-state index is 13.3. The molecule has 0 bridgehead atoms. The molecule has 0 radical (unpaired) electrons. The fourth-order valence-corrected chi connectivity index (χ4v) is 5.94. The maximum absolute atomic E-state index is 13.3. The Hall–Kier alpha value is -5.26. The molecule has 4 heterocycles. The zero-order chi connectivity index (χ0) is 33.2. The van der Waals surface area contributed by atoms with Gasteiger partial charge in [-0.2, -0.15) is 0 Å². The van der Waals surface area contributed by atoms with E-state index in [1.807, 2.05) is 68.9 Å². The number of nitrogens with one attached hydrogen (secondary N) is 4. The third-order valence-electron chi connectivity index (χ3n) is 8.40. The van der Waals surface area contributed by atoms with E-state index in [1.54, 1.807) is 18.3 Å². The van der Waals surface area contributed by atoms with Gasteiger partial charge in [-0.15, -0.1) is 0 Å². The quantitative estimate of drug-likeness (QED) is 0.173. The minimum Gasteiger partial charge on any atom is -0.380 e. The maximum Gasteiger partial charge on any atom is 0.291 e. The first kappa shape index (κ1) is 31.7. The fraction of sp³-hybridized carbons (Fsp3) is 0.229. The molecule has 4 N–H and O–H groups in total. The number of carbonyl (C=O) groups excluding carboxylic acids is 2. The topological polar surface area (TPSA) is 137 Å². The van der Waals surface area contributed by atoms with Crippen molar-refractivity contribution in [1.29, 1.82) is 0 Å². The summed E-state index contributed by atoms with van der Waals surface area (Å²) >= 11 is 6.88. The van der Waals surface area contributed by atoms with Crippen LogP contribution in [0.5, 0.6) is 0 Å². The Morgan fingerprint density at radius 2 is 1.72 bits per heavy atom. The molecule has 0 aliphatic carbocycles. The van der Waals surface area contributed by atoms with Crippen LogP contribution in [-0.2, 0) is 26.6 Å². The Balaban J connectivity index is 1.17. The lowest BCUT2D eigenvalue weighted by Crippen LogP contribution is -2.27. The van der Waals surface area contributed by atoms with Crippen LogP contribution in [0, 0.1) is 13.8 Å². The van der Waals surface area contributed by atoms with Gasteiger partial charge in [-0.1, -0.05) is 35.9 Å². The number of H-pyrrole nitrogens is 1. The van der Waals surface area contributed by atoms with E-state index in [4.69, 9.17) is 11.6 Å². The SMILES string of the molecule is Cc1ccc(NCc2c[nH]c(C(=O)Nc3cccc(-c4cccc(NC(=O)c5nc6c(n5C)CCN(C)C6)c4Cl)c3C)cc2=O)cn1. The number of hydrogen-bond acceptors (Lipinski definition) is 7. The van der Waals surface area contributed by atoms with E-state index in [0.29, 0.717) is 39.9 Å². The Morgan fingerprint density at radius 1 is 0.979 bits per heavy atom. The smallest absolute Gasteiger partial charge is 0.291 e. The molecule has 0 saturated heterocycles. The van der Waals surface area contributed by atoms with Crippen LogP contribution in [0.4, 0.5) is 17.1 Å². The molecule has 1 aliphatic heterocycles. The Kier molecular flexibility index (Phi) is 8.93. The molecule has 0 spiro atoms. The average Bonchev–Trinajstić information content (AvgIpc) is 3.38. The number of halogens is 1. The summed E-state index contributed by atoms with van der Waals surface area (Å²) in [4.78, 5) is 53.3. The highest BCUT2D eigenvalue weighted by molar-refractivity contribution is 6.36. The lowest BCUT2D eigenvalue weighted by Gasteiger charge is -2.21. The normalized spacial score (nSPS) is 12.8. The van der Waals surface area contributed by atoms with Crippen molar-refractivity contribution in [3.8, 4) is 11.1 Å². The van der Waals surface area contributed by atoms with Crippen molar-refractivity contribution in [2.45, 2.75) is 33.4 Å². The van der Waals surface area contributed by atoms with Crippen LogP contribution in [0.3, 0.4) is 0 Å². The number of pyridine rings is 2. The fourth-order valence-electron chi connectivity index (χ4n) is 5.67. The number of benzene rings is 2. The zero-order valence-electron chi connectivity index (χ0n) is 26.6. The molecule has 2 aromatic carbocycles. The lowest BCUT2D eigenvalue weighted by molar-refractivity contribution is 0.100. The average molecular weight is 651 g/mol. The highest BCUT2D eigenvalue weighted by Crippen LogP contribution is 2.37. The van der Waals surface area contributed by atoms with Crippen LogP contribution in [0.2, 0.25) is 5.02 Å². The second-order valence-electron chi connectivity index (χ2n) is 11.7. The summed E-state index contributed by atoms with van der Waals surface area (Å²) in [7, 11) is 3.90. The molecule has 6 rings (SSSR count). The van der Waals surface area contributed by atoms with Crippen molar-refractivity contribution in [3.05, 3.63) is 122 Å². The first-order valence-electron chi connectivity index (χ1n) is 15.2. The number of likely N-dealkylation sites (N-methyl/N-ethyl adjacent to an activating group) is 1. The molecular formula is C35H35ClN8O3. The Bertz CT molecular complexity index is 2050. The summed E-state index contributed by atoms with van der Waals surface area (Å²) in [6.45, 7) is 5.67. The standard InChI is InChI=1S/C35H35ClN8O3/c1-20-11-12-23(18-37-20)38-16-22-17-39-28(15-31(22)45)34(46)41-26-9-5-7-24(21(26)2)25-8-6-10-27(32(25)36)42-35(47)33-40-29-19-43(3)14-13-30(29)44(33)4/h5-12,15,17-18,38H,13-14,16,19H2,1-4H3,(H,39,45)(H,41,46)(H,42,47). The number of imidazole rings is 1. The molecule has 0 atom stereocenters. The van der Waals surface area contributed by atoms with Gasteiger partial charge in [0.05, 0.1) is 28.3 Å². The van der Waals surface area contributed by atoms with Gasteiger partial charge in [-0.25, -0.2) is 4.98 Å².